The van der Waals surface area contributed by atoms with Gasteiger partial charge < -0.3 is 15.1 Å². The summed E-state index contributed by atoms with van der Waals surface area (Å²) < 4.78 is 0. The largest absolute Gasteiger partial charge is 0.369 e. The molecule has 1 unspecified atom stereocenters. The molecule has 2 aromatic rings. The first-order valence-electron chi connectivity index (χ1n) is 10.6. The molecule has 0 spiro atoms. The van der Waals surface area contributed by atoms with Gasteiger partial charge in [-0.1, -0.05) is 31.2 Å². The quantitative estimate of drug-likeness (QED) is 0.848. The van der Waals surface area contributed by atoms with Crippen LogP contribution in [-0.4, -0.2) is 43.5 Å². The van der Waals surface area contributed by atoms with E-state index in [2.05, 4.69) is 71.4 Å². The van der Waals surface area contributed by atoms with E-state index in [0.717, 1.165) is 56.8 Å². The molecule has 0 bridgehead atoms. The number of nitrogens with one attached hydrogen (secondary N) is 1. The summed E-state index contributed by atoms with van der Waals surface area (Å²) >= 11 is 0. The third kappa shape index (κ3) is 4.07. The molecule has 148 valence electrons. The molecule has 4 rings (SSSR count). The number of piperazine rings is 1. The van der Waals surface area contributed by atoms with Gasteiger partial charge in [-0.3, -0.25) is 4.79 Å². The summed E-state index contributed by atoms with van der Waals surface area (Å²) in [4.78, 5) is 17.6. The number of hydrogen-bond donors (Lipinski definition) is 1. The SMILES string of the molecule is CCN1CCN(c2ccc(NC(=O)CC3CCc4ccccc43)c(C)c2)CC1. The Balaban J connectivity index is 1.37. The minimum atomic E-state index is 0.120. The Morgan fingerprint density at radius 1 is 1.11 bits per heavy atom. The van der Waals surface area contributed by atoms with E-state index in [0.29, 0.717) is 12.3 Å². The molecule has 1 aliphatic heterocycles. The highest BCUT2D eigenvalue weighted by atomic mass is 16.1. The lowest BCUT2D eigenvalue weighted by Gasteiger charge is -2.35. The molecule has 1 atom stereocenters. The molecule has 0 aromatic heterocycles. The topological polar surface area (TPSA) is 35.6 Å². The summed E-state index contributed by atoms with van der Waals surface area (Å²) in [7, 11) is 0. The number of amides is 1. The molecule has 1 amide bonds. The van der Waals surface area contributed by atoms with Crippen LogP contribution in [0.25, 0.3) is 0 Å². The van der Waals surface area contributed by atoms with Crippen LogP contribution in [0.4, 0.5) is 11.4 Å². The lowest BCUT2D eigenvalue weighted by Crippen LogP contribution is -2.46. The maximum absolute atomic E-state index is 12.7. The highest BCUT2D eigenvalue weighted by Gasteiger charge is 2.24. The second kappa shape index (κ2) is 8.36. The number of anilines is 2. The van der Waals surface area contributed by atoms with Crippen molar-refractivity contribution in [1.29, 1.82) is 0 Å². The van der Waals surface area contributed by atoms with Gasteiger partial charge in [0, 0.05) is 44.0 Å². The number of rotatable bonds is 5. The van der Waals surface area contributed by atoms with Crippen molar-refractivity contribution in [2.24, 2.45) is 0 Å². The van der Waals surface area contributed by atoms with Crippen molar-refractivity contribution >= 4 is 17.3 Å². The molecule has 4 heteroatoms. The molecule has 1 heterocycles. The number of benzene rings is 2. The molecule has 0 saturated carbocycles. The van der Waals surface area contributed by atoms with Crippen molar-refractivity contribution < 1.29 is 4.79 Å². The van der Waals surface area contributed by atoms with Gasteiger partial charge in [-0.15, -0.1) is 0 Å². The van der Waals surface area contributed by atoms with Gasteiger partial charge in [0.2, 0.25) is 5.91 Å². The number of nitrogens with zero attached hydrogens (tertiary/aromatic N) is 2. The van der Waals surface area contributed by atoms with Gasteiger partial charge in [0.1, 0.15) is 0 Å². The number of hydrogen-bond acceptors (Lipinski definition) is 3. The van der Waals surface area contributed by atoms with Crippen LogP contribution in [0.1, 0.15) is 42.4 Å². The molecular formula is C24H31N3O. The summed E-state index contributed by atoms with van der Waals surface area (Å²) in [5.41, 5.74) is 6.10. The van der Waals surface area contributed by atoms with Crippen molar-refractivity contribution in [3.8, 4) is 0 Å². The third-order valence-electron chi connectivity index (χ3n) is 6.36. The Morgan fingerprint density at radius 3 is 2.64 bits per heavy atom. The molecule has 1 saturated heterocycles. The van der Waals surface area contributed by atoms with E-state index >= 15 is 0 Å². The lowest BCUT2D eigenvalue weighted by atomic mass is 9.97. The van der Waals surface area contributed by atoms with E-state index in [-0.39, 0.29) is 5.91 Å². The molecular weight excluding hydrogens is 346 g/mol. The van der Waals surface area contributed by atoms with Crippen molar-refractivity contribution in [3.63, 3.8) is 0 Å². The zero-order valence-electron chi connectivity index (χ0n) is 17.1. The molecule has 1 aliphatic carbocycles. The number of carbonyl (C=O) groups excluding carboxylic acids is 1. The van der Waals surface area contributed by atoms with Crippen molar-refractivity contribution in [3.05, 3.63) is 59.2 Å². The number of likely N-dealkylation sites (N-methyl/N-ethyl adjacent to an activating group) is 1. The molecule has 1 fully saturated rings. The van der Waals surface area contributed by atoms with Crippen LogP contribution in [0.15, 0.2) is 42.5 Å². The first kappa shape index (κ1) is 19.0. The summed E-state index contributed by atoms with van der Waals surface area (Å²) in [5, 5.41) is 3.15. The number of carbonyl (C=O) groups is 1. The standard InChI is InChI=1S/C24H31N3O/c1-3-26-12-14-27(15-13-26)21-10-11-23(18(2)16-21)25-24(28)17-20-9-8-19-6-4-5-7-22(19)20/h4-7,10-11,16,20H,3,8-9,12-15,17H2,1-2H3,(H,25,28). The van der Waals surface area contributed by atoms with Gasteiger partial charge in [0.25, 0.3) is 0 Å². The van der Waals surface area contributed by atoms with Crippen molar-refractivity contribution in [1.82, 2.24) is 4.90 Å². The maximum Gasteiger partial charge on any atom is 0.224 e. The molecule has 1 N–H and O–H groups in total. The minimum Gasteiger partial charge on any atom is -0.369 e. The summed E-state index contributed by atoms with van der Waals surface area (Å²) in [6.45, 7) is 9.82. The Bertz CT molecular complexity index is 839. The molecule has 2 aromatic carbocycles. The fraction of sp³-hybridized carbons (Fsp3) is 0.458. The van der Waals surface area contributed by atoms with Crippen molar-refractivity contribution in [2.75, 3.05) is 42.9 Å². The van der Waals surface area contributed by atoms with Crippen LogP contribution in [0, 0.1) is 6.92 Å². The zero-order chi connectivity index (χ0) is 19.5. The maximum atomic E-state index is 12.7. The third-order valence-corrected chi connectivity index (χ3v) is 6.36. The van der Waals surface area contributed by atoms with E-state index in [1.54, 1.807) is 0 Å². The van der Waals surface area contributed by atoms with E-state index in [1.165, 1.54) is 16.8 Å². The Morgan fingerprint density at radius 2 is 1.89 bits per heavy atom. The molecule has 4 nitrogen and oxygen atoms in total. The molecule has 2 aliphatic rings. The van der Waals surface area contributed by atoms with Gasteiger partial charge >= 0.3 is 0 Å². The zero-order valence-corrected chi connectivity index (χ0v) is 17.1. The molecule has 0 radical (unpaired) electrons. The second-order valence-corrected chi connectivity index (χ2v) is 8.11. The predicted octanol–water partition coefficient (Wildman–Crippen LogP) is 4.20. The van der Waals surface area contributed by atoms with Gasteiger partial charge in [-0.05, 0) is 67.1 Å². The number of fused-ring (bicyclic) bond motifs is 1. The van der Waals surface area contributed by atoms with Crippen LogP contribution in [0.2, 0.25) is 0 Å². The van der Waals surface area contributed by atoms with E-state index in [1.807, 2.05) is 0 Å². The summed E-state index contributed by atoms with van der Waals surface area (Å²) in [5.74, 6) is 0.472. The van der Waals surface area contributed by atoms with E-state index in [9.17, 15) is 4.79 Å². The van der Waals surface area contributed by atoms with Crippen LogP contribution < -0.4 is 10.2 Å². The smallest absolute Gasteiger partial charge is 0.224 e. The summed E-state index contributed by atoms with van der Waals surface area (Å²) in [6, 6.07) is 15.0. The van der Waals surface area contributed by atoms with E-state index in [4.69, 9.17) is 0 Å². The van der Waals surface area contributed by atoms with Gasteiger partial charge in [-0.2, -0.15) is 0 Å². The monoisotopic (exact) mass is 377 g/mol. The second-order valence-electron chi connectivity index (χ2n) is 8.11. The predicted molar refractivity (Wildman–Crippen MR) is 116 cm³/mol. The Labute approximate surface area is 168 Å². The normalized spacial score (nSPS) is 19.5. The molecule has 28 heavy (non-hydrogen) atoms. The lowest BCUT2D eigenvalue weighted by molar-refractivity contribution is -0.116. The summed E-state index contributed by atoms with van der Waals surface area (Å²) in [6.07, 6.45) is 2.73. The van der Waals surface area contributed by atoms with Crippen molar-refractivity contribution in [2.45, 2.75) is 39.0 Å². The Hall–Kier alpha value is -2.33. The average molecular weight is 378 g/mol. The van der Waals surface area contributed by atoms with Gasteiger partial charge in [0.05, 0.1) is 0 Å². The fourth-order valence-corrected chi connectivity index (χ4v) is 4.59. The minimum absolute atomic E-state index is 0.120. The van der Waals surface area contributed by atoms with Crippen LogP contribution in [-0.2, 0) is 11.2 Å². The van der Waals surface area contributed by atoms with Crippen LogP contribution >= 0.6 is 0 Å². The first-order chi connectivity index (χ1) is 13.6. The number of aryl methyl sites for hydroxylation is 2. The highest BCUT2D eigenvalue weighted by molar-refractivity contribution is 5.92. The van der Waals surface area contributed by atoms with Crippen LogP contribution in [0.3, 0.4) is 0 Å². The van der Waals surface area contributed by atoms with Gasteiger partial charge in [0.15, 0.2) is 0 Å². The van der Waals surface area contributed by atoms with Crippen LogP contribution in [0.5, 0.6) is 0 Å². The average Bonchev–Trinajstić information content (AvgIpc) is 3.12. The first-order valence-corrected chi connectivity index (χ1v) is 10.6. The fourth-order valence-electron chi connectivity index (χ4n) is 4.59. The highest BCUT2D eigenvalue weighted by Crippen LogP contribution is 2.35. The van der Waals surface area contributed by atoms with E-state index < -0.39 is 0 Å². The van der Waals surface area contributed by atoms with Gasteiger partial charge in [-0.25, -0.2) is 0 Å². The Kier molecular flexibility index (Phi) is 5.67.